The zero-order valence-corrected chi connectivity index (χ0v) is 39.3. The van der Waals surface area contributed by atoms with Crippen molar-refractivity contribution in [3.63, 3.8) is 0 Å². The van der Waals surface area contributed by atoms with Crippen molar-refractivity contribution in [3.8, 4) is 22.2 Å². The summed E-state index contributed by atoms with van der Waals surface area (Å²) in [5, 5.41) is 8.69. The summed E-state index contributed by atoms with van der Waals surface area (Å²) >= 11 is 1.40. The molecule has 5 heterocycles. The maximum atomic E-state index is 15.0. The fourth-order valence-corrected chi connectivity index (χ4v) is 11.6. The van der Waals surface area contributed by atoms with Crippen LogP contribution in [0.1, 0.15) is 96.5 Å². The molecule has 0 unspecified atom stereocenters. The summed E-state index contributed by atoms with van der Waals surface area (Å²) in [5.74, 6) is -3.60. The molecule has 2 saturated heterocycles. The Kier molecular flexibility index (Phi) is 13.6. The molecule has 4 fully saturated rings. The third-order valence-corrected chi connectivity index (χ3v) is 16.2. The number of aryl methyl sites for hydroxylation is 1. The number of hydrogen-bond acceptors (Lipinski definition) is 12. The predicted molar refractivity (Wildman–Crippen MR) is 242 cm³/mol. The number of piperidine rings is 1. The van der Waals surface area contributed by atoms with Crippen molar-refractivity contribution in [3.05, 3.63) is 41.3 Å². The number of likely N-dealkylation sites (tertiary alicyclic amines) is 1. The van der Waals surface area contributed by atoms with Gasteiger partial charge in [-0.15, -0.1) is 11.3 Å². The summed E-state index contributed by atoms with van der Waals surface area (Å²) in [7, 11) is -2.40. The minimum atomic E-state index is -4.36. The highest BCUT2D eigenvalue weighted by Crippen LogP contribution is 2.47. The van der Waals surface area contributed by atoms with Crippen LogP contribution in [0.2, 0.25) is 0 Å². The molecular weight excluding hydrogens is 900 g/mol. The fraction of sp³-hybridized carbons (Fsp3) is 0.609. The Hall–Kier alpha value is -4.98. The molecule has 3 aliphatic heterocycles. The number of thiazole rings is 1. The number of methoxy groups -OCH3 is 1. The van der Waals surface area contributed by atoms with E-state index in [-0.39, 0.29) is 57.8 Å². The minimum Gasteiger partial charge on any atom is -0.496 e. The van der Waals surface area contributed by atoms with Gasteiger partial charge >= 0.3 is 6.18 Å². The summed E-state index contributed by atoms with van der Waals surface area (Å²) in [6.07, 6.45) is 1.89. The number of benzene rings is 1. The van der Waals surface area contributed by atoms with Crippen LogP contribution < -0.4 is 24.8 Å². The van der Waals surface area contributed by atoms with Crippen molar-refractivity contribution < 1.29 is 50.2 Å². The van der Waals surface area contributed by atoms with Crippen LogP contribution in [0.15, 0.2) is 35.7 Å². The SMILES string of the molecule is COc1ccc2c(O[C@@H]3C[C@H]4C(=O)N[C@@]5(C(=O)NS(=O)(=O)C6CC6)C[C@@H]5/C=C\CCCCC[C@H](CC(=O)N5CCC(C(F)(F)F)CC5)C(=O)N4C3)cc(-c3nc(NC(C)C)cs3)nc2c1C. The number of anilines is 1. The van der Waals surface area contributed by atoms with Crippen molar-refractivity contribution in [2.24, 2.45) is 17.8 Å². The van der Waals surface area contributed by atoms with E-state index in [4.69, 9.17) is 19.4 Å². The van der Waals surface area contributed by atoms with E-state index in [2.05, 4.69) is 15.4 Å². The number of nitrogens with one attached hydrogen (secondary N) is 3. The maximum Gasteiger partial charge on any atom is 0.391 e. The number of halogens is 3. The van der Waals surface area contributed by atoms with Gasteiger partial charge in [-0.2, -0.15) is 13.2 Å². The number of alkyl halides is 3. The molecule has 0 bridgehead atoms. The van der Waals surface area contributed by atoms with E-state index in [0.717, 1.165) is 12.0 Å². The molecule has 3 N–H and O–H groups in total. The third kappa shape index (κ3) is 10.3. The highest BCUT2D eigenvalue weighted by Gasteiger charge is 2.62. The molecule has 4 amide bonds. The lowest BCUT2D eigenvalue weighted by Gasteiger charge is -2.34. The molecule has 20 heteroatoms. The normalized spacial score (nSPS) is 26.2. The van der Waals surface area contributed by atoms with Crippen LogP contribution >= 0.6 is 11.3 Å². The Balaban J connectivity index is 1.12. The molecular formula is C46H58F3N7O8S2. The summed E-state index contributed by atoms with van der Waals surface area (Å²) < 4.78 is 81.2. The van der Waals surface area contributed by atoms with Crippen LogP contribution in [0.5, 0.6) is 11.5 Å². The Bertz CT molecular complexity index is 2490. The number of pyridine rings is 1. The van der Waals surface area contributed by atoms with E-state index in [9.17, 15) is 40.8 Å². The highest BCUT2D eigenvalue weighted by atomic mass is 32.2. The summed E-state index contributed by atoms with van der Waals surface area (Å²) in [6.45, 7) is 5.67. The van der Waals surface area contributed by atoms with Gasteiger partial charge in [0.2, 0.25) is 27.7 Å². The second-order valence-electron chi connectivity index (χ2n) is 18.7. The van der Waals surface area contributed by atoms with E-state index in [1.54, 1.807) is 19.2 Å². The van der Waals surface area contributed by atoms with Gasteiger partial charge in [-0.25, -0.2) is 18.4 Å². The quantitative estimate of drug-likeness (QED) is 0.175. The first kappa shape index (κ1) is 47.5. The summed E-state index contributed by atoms with van der Waals surface area (Å²) in [5.41, 5.74) is 0.294. The number of ether oxygens (including phenoxy) is 2. The molecule has 2 saturated carbocycles. The molecule has 0 spiro atoms. The molecule has 2 aliphatic carbocycles. The van der Waals surface area contributed by atoms with Crippen molar-refractivity contribution in [2.45, 2.75) is 133 Å². The number of carbonyl (C=O) groups is 4. The van der Waals surface area contributed by atoms with E-state index in [1.165, 1.54) is 21.1 Å². The van der Waals surface area contributed by atoms with Crippen LogP contribution in [0, 0.1) is 24.7 Å². The molecule has 2 aromatic heterocycles. The molecule has 5 aliphatic rings. The van der Waals surface area contributed by atoms with E-state index >= 15 is 0 Å². The van der Waals surface area contributed by atoms with Crippen LogP contribution in [0.4, 0.5) is 19.0 Å². The van der Waals surface area contributed by atoms with Gasteiger partial charge in [-0.3, -0.25) is 23.9 Å². The van der Waals surface area contributed by atoms with Crippen LogP contribution in [0.3, 0.4) is 0 Å². The number of fused-ring (bicyclic) bond motifs is 3. The number of amides is 4. The van der Waals surface area contributed by atoms with E-state index in [0.29, 0.717) is 77.4 Å². The van der Waals surface area contributed by atoms with Gasteiger partial charge in [-0.1, -0.05) is 25.0 Å². The lowest BCUT2D eigenvalue weighted by atomic mass is 9.92. The van der Waals surface area contributed by atoms with Crippen LogP contribution in [-0.4, -0.2) is 114 Å². The molecule has 15 nitrogen and oxygen atoms in total. The van der Waals surface area contributed by atoms with Crippen molar-refractivity contribution >= 4 is 61.7 Å². The summed E-state index contributed by atoms with van der Waals surface area (Å²) in [6, 6.07) is 4.35. The van der Waals surface area contributed by atoms with Crippen LogP contribution in [-0.2, 0) is 29.2 Å². The second kappa shape index (κ2) is 19.0. The number of carbonyl (C=O) groups excluding carboxylic acids is 4. The van der Waals surface area contributed by atoms with Gasteiger partial charge < -0.3 is 29.9 Å². The van der Waals surface area contributed by atoms with Gasteiger partial charge in [0.25, 0.3) is 5.91 Å². The van der Waals surface area contributed by atoms with E-state index < -0.39 is 80.5 Å². The molecule has 3 aromatic rings. The average Bonchev–Trinajstić information content (AvgIpc) is 4.16. The number of hydrogen-bond donors (Lipinski definition) is 3. The lowest BCUT2D eigenvalue weighted by molar-refractivity contribution is -0.186. The first-order valence-electron chi connectivity index (χ1n) is 22.9. The van der Waals surface area contributed by atoms with Crippen molar-refractivity contribution in [2.75, 3.05) is 32.1 Å². The maximum absolute atomic E-state index is 15.0. The van der Waals surface area contributed by atoms with Crippen LogP contribution in [0.25, 0.3) is 21.6 Å². The predicted octanol–water partition coefficient (Wildman–Crippen LogP) is 6.65. The number of nitrogens with zero attached hydrogens (tertiary/aromatic N) is 4. The minimum absolute atomic E-state index is 0.0181. The standard InChI is InChI=1S/C46H58F3N7O8S2/c1-26(2)50-38-25-65-42(52-38)34-22-37(33-14-15-36(63-4)27(3)40(33)51-34)64-31-21-35-41(58)53-45(44(60)54-66(61,62)32-12-13-32)23-30(45)11-9-7-5-6-8-10-28(43(59)56(35)24-31)20-39(57)55-18-16-29(17-19-55)46(47,48)49/h9,11,14-15,22,25-26,28-32,35,50H,5-8,10,12-13,16-21,23-24H2,1-4H3,(H,53,58)(H,54,60)/b11-9-/t28-,30+,31-,35+,45+/m1/s1. The Labute approximate surface area is 386 Å². The molecule has 358 valence electrons. The monoisotopic (exact) mass is 957 g/mol. The number of allylic oxidation sites excluding steroid dienone is 1. The van der Waals surface area contributed by atoms with E-state index in [1.807, 2.05) is 44.4 Å². The molecule has 0 radical (unpaired) electrons. The first-order chi connectivity index (χ1) is 31.4. The molecule has 66 heavy (non-hydrogen) atoms. The average molecular weight is 958 g/mol. The van der Waals surface area contributed by atoms with Gasteiger partial charge in [-0.05, 0) is 84.3 Å². The van der Waals surface area contributed by atoms with Gasteiger partial charge in [0.1, 0.15) is 45.7 Å². The molecule has 5 atom stereocenters. The second-order valence-corrected chi connectivity index (χ2v) is 21.5. The Morgan fingerprint density at radius 2 is 1.80 bits per heavy atom. The lowest BCUT2D eigenvalue weighted by Crippen LogP contribution is -2.57. The molecule has 1 aromatic carbocycles. The Morgan fingerprint density at radius 3 is 2.50 bits per heavy atom. The highest BCUT2D eigenvalue weighted by molar-refractivity contribution is 7.91. The Morgan fingerprint density at radius 1 is 1.05 bits per heavy atom. The van der Waals surface area contributed by atoms with Crippen molar-refractivity contribution in [1.82, 2.24) is 29.8 Å². The third-order valence-electron chi connectivity index (χ3n) is 13.5. The van der Waals surface area contributed by atoms with Gasteiger partial charge in [0.15, 0.2) is 0 Å². The number of rotatable bonds is 11. The fourth-order valence-electron chi connectivity index (χ4n) is 9.52. The largest absolute Gasteiger partial charge is 0.496 e. The first-order valence-corrected chi connectivity index (χ1v) is 25.4. The zero-order valence-electron chi connectivity index (χ0n) is 37.6. The number of aromatic nitrogens is 2. The topological polar surface area (TPSA) is 189 Å². The zero-order chi connectivity index (χ0) is 47.1. The molecule has 8 rings (SSSR count). The van der Waals surface area contributed by atoms with Gasteiger partial charge in [0.05, 0.1) is 30.3 Å². The van der Waals surface area contributed by atoms with Gasteiger partial charge in [0, 0.05) is 66.2 Å². The van der Waals surface area contributed by atoms with Crippen molar-refractivity contribution in [1.29, 1.82) is 0 Å². The smallest absolute Gasteiger partial charge is 0.391 e. The summed E-state index contributed by atoms with van der Waals surface area (Å²) in [4.78, 5) is 70.1. The number of sulfonamides is 1.